The molecule has 6 rings (SSSR count). The summed E-state index contributed by atoms with van der Waals surface area (Å²) in [6.45, 7) is 6.53. The highest BCUT2D eigenvalue weighted by molar-refractivity contribution is 7.20. The first-order valence-corrected chi connectivity index (χ1v) is 12.1. The highest BCUT2D eigenvalue weighted by Gasteiger charge is 2.30. The summed E-state index contributed by atoms with van der Waals surface area (Å²) in [7, 11) is 0. The van der Waals surface area contributed by atoms with Crippen LogP contribution in [0.15, 0.2) is 42.7 Å². The van der Waals surface area contributed by atoms with Gasteiger partial charge in [-0.1, -0.05) is 0 Å². The van der Waals surface area contributed by atoms with Crippen molar-refractivity contribution in [2.75, 3.05) is 36.4 Å². The molecule has 0 aliphatic carbocycles. The van der Waals surface area contributed by atoms with E-state index in [-0.39, 0.29) is 5.91 Å². The van der Waals surface area contributed by atoms with Crippen LogP contribution in [-0.2, 0) is 0 Å². The number of fused-ring (bicyclic) bond motifs is 2. The molecule has 2 aliphatic heterocycles. The van der Waals surface area contributed by atoms with Crippen molar-refractivity contribution in [2.45, 2.75) is 32.2 Å². The van der Waals surface area contributed by atoms with Crippen molar-refractivity contribution in [3.05, 3.63) is 53.3 Å². The second kappa shape index (κ2) is 7.86. The number of thiophene rings is 1. The molecule has 1 N–H and O–H groups in total. The summed E-state index contributed by atoms with van der Waals surface area (Å²) in [5.41, 5.74) is 2.56. The number of anilines is 2. The minimum absolute atomic E-state index is 0.110. The number of pyridine rings is 2. The van der Waals surface area contributed by atoms with Gasteiger partial charge in [-0.05, 0) is 69.6 Å². The van der Waals surface area contributed by atoms with Gasteiger partial charge in [0.2, 0.25) is 0 Å². The molecule has 1 amide bonds. The normalized spacial score (nSPS) is 19.4. The standard InChI is InChI=1S/C24H26N6OS/c1-16-13-30-14-18(5-7-21(30)25-16)26-23(31)20-12-17-4-6-22(27-24(17)32-20)29-11-8-19(15-29)28-9-2-3-10-28/h4-7,12-14,19H,2-3,8-11,15H2,1H3,(H,26,31). The van der Waals surface area contributed by atoms with Gasteiger partial charge in [0.15, 0.2) is 0 Å². The summed E-state index contributed by atoms with van der Waals surface area (Å²) in [6.07, 6.45) is 7.70. The first kappa shape index (κ1) is 19.7. The molecule has 4 aromatic heterocycles. The van der Waals surface area contributed by atoms with Crippen molar-refractivity contribution >= 4 is 44.6 Å². The third-order valence-corrected chi connectivity index (χ3v) is 7.61. The van der Waals surface area contributed by atoms with Gasteiger partial charge >= 0.3 is 0 Å². The number of carbonyl (C=O) groups excluding carboxylic acids is 1. The predicted octanol–water partition coefficient (Wildman–Crippen LogP) is 4.18. The number of amides is 1. The van der Waals surface area contributed by atoms with E-state index >= 15 is 0 Å². The van der Waals surface area contributed by atoms with Crippen LogP contribution in [0.2, 0.25) is 0 Å². The molecule has 1 atom stereocenters. The fourth-order valence-electron chi connectivity index (χ4n) is 4.94. The molecular weight excluding hydrogens is 420 g/mol. The minimum atomic E-state index is -0.110. The summed E-state index contributed by atoms with van der Waals surface area (Å²) in [4.78, 5) is 28.8. The van der Waals surface area contributed by atoms with Crippen molar-refractivity contribution in [1.29, 1.82) is 0 Å². The molecule has 0 bridgehead atoms. The molecule has 8 heteroatoms. The van der Waals surface area contributed by atoms with Crippen LogP contribution < -0.4 is 10.2 Å². The van der Waals surface area contributed by atoms with E-state index in [1.54, 1.807) is 0 Å². The third-order valence-electron chi connectivity index (χ3n) is 6.57. The minimum Gasteiger partial charge on any atom is -0.355 e. The quantitative estimate of drug-likeness (QED) is 0.509. The van der Waals surface area contributed by atoms with E-state index in [1.165, 1.54) is 43.7 Å². The lowest BCUT2D eigenvalue weighted by molar-refractivity contribution is 0.103. The number of hydrogen-bond acceptors (Lipinski definition) is 6. The molecule has 32 heavy (non-hydrogen) atoms. The average molecular weight is 447 g/mol. The zero-order valence-electron chi connectivity index (χ0n) is 18.1. The Hall–Kier alpha value is -2.97. The van der Waals surface area contributed by atoms with Crippen LogP contribution >= 0.6 is 11.3 Å². The average Bonchev–Trinajstić information content (AvgIpc) is 3.57. The maximum Gasteiger partial charge on any atom is 0.265 e. The second-order valence-electron chi connectivity index (χ2n) is 8.83. The number of aryl methyl sites for hydroxylation is 1. The summed E-state index contributed by atoms with van der Waals surface area (Å²) in [6, 6.07) is 10.6. The van der Waals surface area contributed by atoms with Crippen LogP contribution in [0.3, 0.4) is 0 Å². The van der Waals surface area contributed by atoms with Crippen molar-refractivity contribution in [3.8, 4) is 0 Å². The Kier molecular flexibility index (Phi) is 4.84. The monoisotopic (exact) mass is 446 g/mol. The second-order valence-corrected chi connectivity index (χ2v) is 9.86. The molecule has 2 fully saturated rings. The number of nitrogens with one attached hydrogen (secondary N) is 1. The fourth-order valence-corrected chi connectivity index (χ4v) is 5.86. The Balaban J connectivity index is 1.19. The predicted molar refractivity (Wildman–Crippen MR) is 129 cm³/mol. The van der Waals surface area contributed by atoms with E-state index in [1.807, 2.05) is 41.9 Å². The summed E-state index contributed by atoms with van der Waals surface area (Å²) >= 11 is 1.45. The maximum absolute atomic E-state index is 12.9. The number of carbonyl (C=O) groups is 1. The van der Waals surface area contributed by atoms with E-state index < -0.39 is 0 Å². The lowest BCUT2D eigenvalue weighted by atomic mass is 10.2. The lowest BCUT2D eigenvalue weighted by Crippen LogP contribution is -2.35. The number of imidazole rings is 1. The molecule has 7 nitrogen and oxygen atoms in total. The number of nitrogens with zero attached hydrogens (tertiary/aromatic N) is 5. The van der Waals surface area contributed by atoms with E-state index in [9.17, 15) is 4.79 Å². The Morgan fingerprint density at radius 3 is 2.84 bits per heavy atom. The maximum atomic E-state index is 12.9. The Bertz CT molecular complexity index is 1300. The van der Waals surface area contributed by atoms with Crippen LogP contribution in [0, 0.1) is 6.92 Å². The molecule has 164 valence electrons. The van der Waals surface area contributed by atoms with Crippen molar-refractivity contribution in [1.82, 2.24) is 19.3 Å². The van der Waals surface area contributed by atoms with Gasteiger partial charge in [-0.25, -0.2) is 9.97 Å². The summed E-state index contributed by atoms with van der Waals surface area (Å²) in [5.74, 6) is 0.912. The largest absolute Gasteiger partial charge is 0.355 e. The Morgan fingerprint density at radius 2 is 1.97 bits per heavy atom. The molecule has 0 aromatic carbocycles. The summed E-state index contributed by atoms with van der Waals surface area (Å²) < 4.78 is 1.93. The first-order chi connectivity index (χ1) is 15.6. The zero-order valence-corrected chi connectivity index (χ0v) is 18.9. The van der Waals surface area contributed by atoms with Gasteiger partial charge in [0.05, 0.1) is 16.3 Å². The topological polar surface area (TPSA) is 65.8 Å². The molecule has 2 aliphatic rings. The Labute approximate surface area is 190 Å². The molecule has 4 aromatic rings. The lowest BCUT2D eigenvalue weighted by Gasteiger charge is -2.24. The van der Waals surface area contributed by atoms with Crippen molar-refractivity contribution in [2.24, 2.45) is 0 Å². The van der Waals surface area contributed by atoms with Gasteiger partial charge in [0.25, 0.3) is 5.91 Å². The van der Waals surface area contributed by atoms with Crippen LogP contribution in [0.25, 0.3) is 15.9 Å². The van der Waals surface area contributed by atoms with E-state index in [0.717, 1.165) is 46.2 Å². The highest BCUT2D eigenvalue weighted by Crippen LogP contribution is 2.30. The van der Waals surface area contributed by atoms with E-state index in [4.69, 9.17) is 4.98 Å². The van der Waals surface area contributed by atoms with Gasteiger partial charge in [-0.3, -0.25) is 9.69 Å². The van der Waals surface area contributed by atoms with E-state index in [0.29, 0.717) is 10.9 Å². The summed E-state index contributed by atoms with van der Waals surface area (Å²) in [5, 5.41) is 4.02. The smallest absolute Gasteiger partial charge is 0.265 e. The SMILES string of the molecule is Cc1cn2cc(NC(=O)c3cc4ccc(N5CCC(N6CCCC6)C5)nc4s3)ccc2n1. The van der Waals surface area contributed by atoms with Gasteiger partial charge in [0, 0.05) is 36.9 Å². The number of aromatic nitrogens is 3. The molecule has 2 saturated heterocycles. The first-order valence-electron chi connectivity index (χ1n) is 11.3. The molecule has 6 heterocycles. The van der Waals surface area contributed by atoms with Gasteiger partial charge in [-0.15, -0.1) is 11.3 Å². The fraction of sp³-hybridized carbons (Fsp3) is 0.375. The van der Waals surface area contributed by atoms with Crippen molar-refractivity contribution in [3.63, 3.8) is 0 Å². The van der Waals surface area contributed by atoms with Gasteiger partial charge in [0.1, 0.15) is 16.3 Å². The van der Waals surface area contributed by atoms with Crippen molar-refractivity contribution < 1.29 is 4.79 Å². The number of likely N-dealkylation sites (tertiary alicyclic amines) is 1. The molecular formula is C24H26N6OS. The molecule has 0 spiro atoms. The van der Waals surface area contributed by atoms with Gasteiger partial charge in [-0.2, -0.15) is 0 Å². The third kappa shape index (κ3) is 3.63. The molecule has 0 radical (unpaired) electrons. The van der Waals surface area contributed by atoms with Crippen LogP contribution in [-0.4, -0.2) is 57.4 Å². The number of rotatable bonds is 4. The van der Waals surface area contributed by atoms with Crippen LogP contribution in [0.1, 0.15) is 34.6 Å². The highest BCUT2D eigenvalue weighted by atomic mass is 32.1. The molecule has 0 saturated carbocycles. The molecule has 1 unspecified atom stereocenters. The van der Waals surface area contributed by atoms with Crippen LogP contribution in [0.5, 0.6) is 0 Å². The zero-order chi connectivity index (χ0) is 21.7. The van der Waals surface area contributed by atoms with Gasteiger partial charge < -0.3 is 14.6 Å². The van der Waals surface area contributed by atoms with E-state index in [2.05, 4.69) is 32.2 Å². The number of hydrogen-bond donors (Lipinski definition) is 1. The van der Waals surface area contributed by atoms with Crippen LogP contribution in [0.4, 0.5) is 11.5 Å². The Morgan fingerprint density at radius 1 is 1.09 bits per heavy atom.